The average Bonchev–Trinajstić information content (AvgIpc) is 3.02. The number of carbonyl (C=O) groups excluding carboxylic acids is 1. The first kappa shape index (κ1) is 17.0. The van der Waals surface area contributed by atoms with Crippen LogP contribution in [0.3, 0.4) is 0 Å². The number of carbonyl (C=O) groups is 2. The van der Waals surface area contributed by atoms with Crippen molar-refractivity contribution in [2.75, 3.05) is 13.2 Å². The lowest BCUT2D eigenvalue weighted by molar-refractivity contribution is 0.0696. The quantitative estimate of drug-likeness (QED) is 0.782. The molecular formula is C18H21N3O4. The third kappa shape index (κ3) is 3.99. The number of nitrogens with zero attached hydrogens (tertiary/aromatic N) is 2. The Balaban J connectivity index is 1.48. The van der Waals surface area contributed by atoms with E-state index in [0.717, 1.165) is 25.1 Å². The van der Waals surface area contributed by atoms with Crippen LogP contribution >= 0.6 is 0 Å². The molecule has 2 aromatic rings. The molecule has 2 N–H and O–H groups in total. The van der Waals surface area contributed by atoms with E-state index in [2.05, 4.69) is 17.3 Å². The summed E-state index contributed by atoms with van der Waals surface area (Å²) in [5.41, 5.74) is 1.85. The highest BCUT2D eigenvalue weighted by atomic mass is 16.5. The molecule has 0 saturated heterocycles. The van der Waals surface area contributed by atoms with Crippen LogP contribution in [0.1, 0.15) is 39.8 Å². The third-order valence-electron chi connectivity index (χ3n) is 4.33. The van der Waals surface area contributed by atoms with Crippen LogP contribution in [-0.2, 0) is 13.0 Å². The van der Waals surface area contributed by atoms with E-state index in [0.29, 0.717) is 30.4 Å². The van der Waals surface area contributed by atoms with Gasteiger partial charge in [-0.15, -0.1) is 0 Å². The van der Waals surface area contributed by atoms with E-state index >= 15 is 0 Å². The van der Waals surface area contributed by atoms with Crippen LogP contribution in [0.4, 0.5) is 0 Å². The number of aromatic nitrogens is 2. The van der Waals surface area contributed by atoms with Crippen LogP contribution < -0.4 is 10.1 Å². The Hall–Kier alpha value is -2.83. The van der Waals surface area contributed by atoms with Crippen molar-refractivity contribution in [1.82, 2.24) is 15.1 Å². The van der Waals surface area contributed by atoms with Crippen molar-refractivity contribution in [2.24, 2.45) is 5.92 Å². The summed E-state index contributed by atoms with van der Waals surface area (Å²) in [5.74, 6) is 0.0154. The molecule has 0 bridgehead atoms. The zero-order valence-corrected chi connectivity index (χ0v) is 14.1. The number of aromatic carboxylic acids is 1. The molecule has 7 heteroatoms. The fourth-order valence-corrected chi connectivity index (χ4v) is 2.91. The molecule has 1 aromatic heterocycles. The van der Waals surface area contributed by atoms with E-state index in [9.17, 15) is 9.59 Å². The number of aryl methyl sites for hydroxylation is 1. The number of nitrogens with one attached hydrogen (secondary N) is 1. The highest BCUT2D eigenvalue weighted by Crippen LogP contribution is 2.22. The summed E-state index contributed by atoms with van der Waals surface area (Å²) in [5, 5.41) is 16.0. The van der Waals surface area contributed by atoms with Crippen LogP contribution in [0.2, 0.25) is 0 Å². The molecule has 25 heavy (non-hydrogen) atoms. The lowest BCUT2D eigenvalue weighted by Crippen LogP contribution is -2.29. The molecule has 132 valence electrons. The predicted molar refractivity (Wildman–Crippen MR) is 90.9 cm³/mol. The van der Waals surface area contributed by atoms with Crippen LogP contribution in [0, 0.1) is 5.92 Å². The fourth-order valence-electron chi connectivity index (χ4n) is 2.91. The molecule has 1 aliphatic heterocycles. The van der Waals surface area contributed by atoms with Gasteiger partial charge in [-0.05, 0) is 43.0 Å². The van der Waals surface area contributed by atoms with E-state index in [-0.39, 0.29) is 11.5 Å². The van der Waals surface area contributed by atoms with Crippen molar-refractivity contribution in [2.45, 2.75) is 26.3 Å². The summed E-state index contributed by atoms with van der Waals surface area (Å²) in [6.45, 7) is 3.71. The number of amides is 1. The van der Waals surface area contributed by atoms with E-state index < -0.39 is 5.97 Å². The number of hydrogen-bond acceptors (Lipinski definition) is 4. The van der Waals surface area contributed by atoms with Gasteiger partial charge in [0, 0.05) is 6.54 Å². The van der Waals surface area contributed by atoms with Gasteiger partial charge in [0.05, 0.1) is 29.6 Å². The molecule has 1 aromatic carbocycles. The SMILES string of the molecule is CC1CCn2ncc(C(=O)NCCOc3ccc(C(=O)O)cc3)c2C1. The smallest absolute Gasteiger partial charge is 0.335 e. The maximum absolute atomic E-state index is 12.3. The zero-order chi connectivity index (χ0) is 17.8. The second-order valence-corrected chi connectivity index (χ2v) is 6.26. The number of carboxylic acid groups (broad SMARTS) is 1. The minimum absolute atomic E-state index is 0.139. The summed E-state index contributed by atoms with van der Waals surface area (Å²) in [4.78, 5) is 23.1. The van der Waals surface area contributed by atoms with Crippen LogP contribution in [0.5, 0.6) is 5.75 Å². The summed E-state index contributed by atoms with van der Waals surface area (Å²) in [6, 6.07) is 6.16. The topological polar surface area (TPSA) is 93.5 Å². The van der Waals surface area contributed by atoms with Crippen molar-refractivity contribution in [3.63, 3.8) is 0 Å². The molecule has 0 fully saturated rings. The minimum Gasteiger partial charge on any atom is -0.492 e. The van der Waals surface area contributed by atoms with Crippen molar-refractivity contribution in [3.8, 4) is 5.75 Å². The molecule has 1 unspecified atom stereocenters. The number of carboxylic acids is 1. The van der Waals surface area contributed by atoms with Crippen LogP contribution in [0.15, 0.2) is 30.5 Å². The first-order valence-corrected chi connectivity index (χ1v) is 8.33. The van der Waals surface area contributed by atoms with Gasteiger partial charge in [-0.25, -0.2) is 4.79 Å². The standard InChI is InChI=1S/C18H21N3O4/c1-12-6-8-21-16(10-12)15(11-20-21)17(22)19-7-9-25-14-4-2-13(3-5-14)18(23)24/h2-5,11-12H,6-10H2,1H3,(H,19,22)(H,23,24). The predicted octanol–water partition coefficient (Wildman–Crippen LogP) is 1.97. The second kappa shape index (κ2) is 7.38. The zero-order valence-electron chi connectivity index (χ0n) is 14.1. The number of rotatable bonds is 6. The van der Waals surface area contributed by atoms with Crippen LogP contribution in [-0.4, -0.2) is 39.9 Å². The molecule has 1 atom stereocenters. The van der Waals surface area contributed by atoms with Crippen molar-refractivity contribution in [1.29, 1.82) is 0 Å². The van der Waals surface area contributed by atoms with Gasteiger partial charge in [-0.1, -0.05) is 6.92 Å². The van der Waals surface area contributed by atoms with E-state index in [1.807, 2.05) is 4.68 Å². The van der Waals surface area contributed by atoms with Gasteiger partial charge >= 0.3 is 5.97 Å². The maximum atomic E-state index is 12.3. The molecule has 3 rings (SSSR count). The van der Waals surface area contributed by atoms with Crippen LogP contribution in [0.25, 0.3) is 0 Å². The Morgan fingerprint density at radius 2 is 2.12 bits per heavy atom. The first-order chi connectivity index (χ1) is 12.0. The van der Waals surface area contributed by atoms with Gasteiger partial charge in [0.2, 0.25) is 0 Å². The highest BCUT2D eigenvalue weighted by Gasteiger charge is 2.22. The van der Waals surface area contributed by atoms with Crippen molar-refractivity contribution < 1.29 is 19.4 Å². The third-order valence-corrected chi connectivity index (χ3v) is 4.33. The number of benzene rings is 1. The Morgan fingerprint density at radius 3 is 2.84 bits per heavy atom. The molecule has 0 spiro atoms. The van der Waals surface area contributed by atoms with Gasteiger partial charge in [-0.2, -0.15) is 5.10 Å². The molecule has 2 heterocycles. The summed E-state index contributed by atoms with van der Waals surface area (Å²) in [7, 11) is 0. The lowest BCUT2D eigenvalue weighted by Gasteiger charge is -2.20. The Labute approximate surface area is 145 Å². The largest absolute Gasteiger partial charge is 0.492 e. The van der Waals surface area contributed by atoms with Gasteiger partial charge in [0.25, 0.3) is 5.91 Å². The van der Waals surface area contributed by atoms with E-state index in [1.54, 1.807) is 18.3 Å². The summed E-state index contributed by atoms with van der Waals surface area (Å²) < 4.78 is 7.42. The Kier molecular flexibility index (Phi) is 5.02. The first-order valence-electron chi connectivity index (χ1n) is 8.33. The maximum Gasteiger partial charge on any atom is 0.335 e. The fraction of sp³-hybridized carbons (Fsp3) is 0.389. The van der Waals surface area contributed by atoms with E-state index in [1.165, 1.54) is 12.1 Å². The van der Waals surface area contributed by atoms with E-state index in [4.69, 9.17) is 9.84 Å². The van der Waals surface area contributed by atoms with Gasteiger partial charge in [-0.3, -0.25) is 9.48 Å². The molecule has 0 aliphatic carbocycles. The molecule has 0 radical (unpaired) electrons. The normalized spacial score (nSPS) is 16.1. The molecule has 7 nitrogen and oxygen atoms in total. The number of ether oxygens (including phenoxy) is 1. The Morgan fingerprint density at radius 1 is 1.36 bits per heavy atom. The monoisotopic (exact) mass is 343 g/mol. The average molecular weight is 343 g/mol. The number of fused-ring (bicyclic) bond motifs is 1. The minimum atomic E-state index is -0.974. The second-order valence-electron chi connectivity index (χ2n) is 6.26. The summed E-state index contributed by atoms with van der Waals surface area (Å²) >= 11 is 0. The molecule has 1 amide bonds. The molecule has 1 aliphatic rings. The molecule has 0 saturated carbocycles. The highest BCUT2D eigenvalue weighted by molar-refractivity contribution is 5.95. The van der Waals surface area contributed by atoms with Crippen molar-refractivity contribution in [3.05, 3.63) is 47.3 Å². The summed E-state index contributed by atoms with van der Waals surface area (Å²) in [6.07, 6.45) is 3.59. The number of hydrogen-bond donors (Lipinski definition) is 2. The van der Waals surface area contributed by atoms with Gasteiger partial charge < -0.3 is 15.2 Å². The lowest BCUT2D eigenvalue weighted by atomic mass is 9.96. The molecular weight excluding hydrogens is 322 g/mol. The van der Waals surface area contributed by atoms with Gasteiger partial charge in [0.1, 0.15) is 12.4 Å². The van der Waals surface area contributed by atoms with Crippen molar-refractivity contribution >= 4 is 11.9 Å². The van der Waals surface area contributed by atoms with Gasteiger partial charge in [0.15, 0.2) is 0 Å². The Bertz CT molecular complexity index is 767.